The van der Waals surface area contributed by atoms with E-state index in [0.717, 1.165) is 11.1 Å². The van der Waals surface area contributed by atoms with E-state index in [4.69, 9.17) is 0 Å². The Bertz CT molecular complexity index is 665. The standard InChI is InChI=1S/C20H23NO3/c1-15(20(24)17-5-3-2-4-6-17)21-14-13-19(23)12-9-16-7-10-18(22)11-8-16/h2-12,15,20-22,24H,13-14H2,1H3/b12-9+. The molecule has 0 aliphatic heterocycles. The number of phenolic OH excluding ortho intramolecular Hbond substituents is 1. The minimum absolute atomic E-state index is 0.0111. The lowest BCUT2D eigenvalue weighted by Gasteiger charge is -2.20. The zero-order valence-corrected chi connectivity index (χ0v) is 13.7. The number of carbonyl (C=O) groups is 1. The highest BCUT2D eigenvalue weighted by molar-refractivity contribution is 5.93. The van der Waals surface area contributed by atoms with Crippen LogP contribution >= 0.6 is 0 Å². The molecular formula is C20H23NO3. The number of hydrogen-bond donors (Lipinski definition) is 3. The predicted octanol–water partition coefficient (Wildman–Crippen LogP) is 3.08. The Morgan fingerprint density at radius 3 is 2.46 bits per heavy atom. The Hall–Kier alpha value is -2.43. The van der Waals surface area contributed by atoms with Crippen LogP contribution < -0.4 is 5.32 Å². The summed E-state index contributed by atoms with van der Waals surface area (Å²) >= 11 is 0. The van der Waals surface area contributed by atoms with Gasteiger partial charge in [-0.1, -0.05) is 48.5 Å². The minimum Gasteiger partial charge on any atom is -0.508 e. The van der Waals surface area contributed by atoms with Gasteiger partial charge in [0.1, 0.15) is 5.75 Å². The van der Waals surface area contributed by atoms with E-state index in [1.165, 1.54) is 6.08 Å². The zero-order valence-electron chi connectivity index (χ0n) is 13.7. The number of hydrogen-bond acceptors (Lipinski definition) is 4. The molecule has 2 atom stereocenters. The average Bonchev–Trinajstić information content (AvgIpc) is 2.61. The average molecular weight is 325 g/mol. The number of allylic oxidation sites excluding steroid dienone is 1. The number of carbonyl (C=O) groups excluding carboxylic acids is 1. The molecule has 0 aliphatic rings. The van der Waals surface area contributed by atoms with Crippen molar-refractivity contribution in [2.75, 3.05) is 6.54 Å². The van der Waals surface area contributed by atoms with Gasteiger partial charge < -0.3 is 15.5 Å². The SMILES string of the molecule is CC(NCCC(=O)/C=C/c1ccc(O)cc1)C(O)c1ccccc1. The van der Waals surface area contributed by atoms with Crippen molar-refractivity contribution in [3.8, 4) is 5.75 Å². The van der Waals surface area contributed by atoms with Crippen molar-refractivity contribution in [1.82, 2.24) is 5.32 Å². The highest BCUT2D eigenvalue weighted by Gasteiger charge is 2.15. The molecule has 126 valence electrons. The van der Waals surface area contributed by atoms with Crippen molar-refractivity contribution >= 4 is 11.9 Å². The Balaban J connectivity index is 1.75. The van der Waals surface area contributed by atoms with E-state index in [0.29, 0.717) is 13.0 Å². The molecule has 2 unspecified atom stereocenters. The minimum atomic E-state index is -0.603. The van der Waals surface area contributed by atoms with Crippen LogP contribution in [0, 0.1) is 0 Å². The topological polar surface area (TPSA) is 69.6 Å². The lowest BCUT2D eigenvalue weighted by atomic mass is 10.0. The smallest absolute Gasteiger partial charge is 0.156 e. The van der Waals surface area contributed by atoms with E-state index in [9.17, 15) is 15.0 Å². The molecule has 4 nitrogen and oxygen atoms in total. The summed E-state index contributed by atoms with van der Waals surface area (Å²) < 4.78 is 0. The maximum atomic E-state index is 11.9. The van der Waals surface area contributed by atoms with Crippen molar-refractivity contribution in [1.29, 1.82) is 0 Å². The van der Waals surface area contributed by atoms with Gasteiger partial charge in [-0.05, 0) is 36.3 Å². The van der Waals surface area contributed by atoms with Crippen LogP contribution in [0.1, 0.15) is 30.6 Å². The van der Waals surface area contributed by atoms with Crippen LogP contribution in [0.25, 0.3) is 6.08 Å². The van der Waals surface area contributed by atoms with Gasteiger partial charge in [0.15, 0.2) is 5.78 Å². The van der Waals surface area contributed by atoms with Gasteiger partial charge >= 0.3 is 0 Å². The molecule has 0 fully saturated rings. The number of ketones is 1. The number of rotatable bonds is 8. The summed E-state index contributed by atoms with van der Waals surface area (Å²) in [5, 5.41) is 22.6. The Labute approximate surface area is 142 Å². The summed E-state index contributed by atoms with van der Waals surface area (Å²) in [5.41, 5.74) is 1.72. The fourth-order valence-electron chi connectivity index (χ4n) is 2.33. The third-order valence-electron chi connectivity index (χ3n) is 3.81. The quantitative estimate of drug-likeness (QED) is 0.652. The van der Waals surface area contributed by atoms with E-state index in [2.05, 4.69) is 5.32 Å². The van der Waals surface area contributed by atoms with Gasteiger partial charge in [0.2, 0.25) is 0 Å². The summed E-state index contributed by atoms with van der Waals surface area (Å²) in [6, 6.07) is 16.0. The highest BCUT2D eigenvalue weighted by Crippen LogP contribution is 2.16. The van der Waals surface area contributed by atoms with E-state index in [1.54, 1.807) is 30.3 Å². The van der Waals surface area contributed by atoms with Gasteiger partial charge in [-0.3, -0.25) is 4.79 Å². The molecule has 0 amide bonds. The molecule has 2 aromatic carbocycles. The van der Waals surface area contributed by atoms with E-state index in [-0.39, 0.29) is 17.6 Å². The van der Waals surface area contributed by atoms with Crippen molar-refractivity contribution in [2.24, 2.45) is 0 Å². The van der Waals surface area contributed by atoms with Crippen LogP contribution in [0.2, 0.25) is 0 Å². The van der Waals surface area contributed by atoms with Crippen molar-refractivity contribution in [2.45, 2.75) is 25.5 Å². The molecule has 4 heteroatoms. The largest absolute Gasteiger partial charge is 0.508 e. The van der Waals surface area contributed by atoms with Crippen LogP contribution in [-0.2, 0) is 4.79 Å². The lowest BCUT2D eigenvalue weighted by molar-refractivity contribution is -0.114. The highest BCUT2D eigenvalue weighted by atomic mass is 16.3. The number of benzene rings is 2. The van der Waals surface area contributed by atoms with Gasteiger partial charge in [-0.25, -0.2) is 0 Å². The summed E-state index contributed by atoms with van der Waals surface area (Å²) in [6.07, 6.45) is 3.02. The van der Waals surface area contributed by atoms with Gasteiger partial charge in [0.05, 0.1) is 6.10 Å². The van der Waals surface area contributed by atoms with Gasteiger partial charge in [-0.15, -0.1) is 0 Å². The molecule has 0 aromatic heterocycles. The second kappa shape index (κ2) is 9.01. The van der Waals surface area contributed by atoms with Crippen LogP contribution in [0.3, 0.4) is 0 Å². The molecule has 0 spiro atoms. The molecule has 24 heavy (non-hydrogen) atoms. The molecule has 3 N–H and O–H groups in total. The molecule has 0 aliphatic carbocycles. The first-order valence-corrected chi connectivity index (χ1v) is 8.02. The number of nitrogens with one attached hydrogen (secondary N) is 1. The summed E-state index contributed by atoms with van der Waals surface area (Å²) in [5.74, 6) is 0.214. The Morgan fingerprint density at radius 1 is 1.12 bits per heavy atom. The molecule has 2 aromatic rings. The van der Waals surface area contributed by atoms with Crippen LogP contribution in [0.4, 0.5) is 0 Å². The second-order valence-corrected chi connectivity index (χ2v) is 5.74. The fraction of sp³-hybridized carbons (Fsp3) is 0.250. The molecule has 0 heterocycles. The van der Waals surface area contributed by atoms with Crippen LogP contribution in [-0.4, -0.2) is 28.6 Å². The maximum absolute atomic E-state index is 11.9. The van der Waals surface area contributed by atoms with Crippen LogP contribution in [0.5, 0.6) is 5.75 Å². The van der Waals surface area contributed by atoms with Gasteiger partial charge in [-0.2, -0.15) is 0 Å². The molecule has 2 rings (SSSR count). The molecule has 0 saturated carbocycles. The first-order valence-electron chi connectivity index (χ1n) is 8.02. The molecular weight excluding hydrogens is 302 g/mol. The maximum Gasteiger partial charge on any atom is 0.156 e. The second-order valence-electron chi connectivity index (χ2n) is 5.74. The molecule has 0 saturated heterocycles. The van der Waals surface area contributed by atoms with Crippen molar-refractivity contribution < 1.29 is 15.0 Å². The number of phenols is 1. The normalized spacial score (nSPS) is 13.8. The Kier molecular flexibility index (Phi) is 6.73. The van der Waals surface area contributed by atoms with Crippen molar-refractivity contribution in [3.63, 3.8) is 0 Å². The van der Waals surface area contributed by atoms with E-state index in [1.807, 2.05) is 37.3 Å². The van der Waals surface area contributed by atoms with E-state index >= 15 is 0 Å². The molecule has 0 bridgehead atoms. The van der Waals surface area contributed by atoms with Crippen LogP contribution in [0.15, 0.2) is 60.7 Å². The fourth-order valence-corrected chi connectivity index (χ4v) is 2.33. The molecule has 0 radical (unpaired) electrons. The van der Waals surface area contributed by atoms with E-state index < -0.39 is 6.10 Å². The van der Waals surface area contributed by atoms with Crippen molar-refractivity contribution in [3.05, 3.63) is 71.8 Å². The summed E-state index contributed by atoms with van der Waals surface area (Å²) in [6.45, 7) is 2.40. The monoisotopic (exact) mass is 325 g/mol. The number of aliphatic hydroxyl groups excluding tert-OH is 1. The first-order chi connectivity index (χ1) is 11.6. The first kappa shape index (κ1) is 17.9. The summed E-state index contributed by atoms with van der Waals surface area (Å²) in [4.78, 5) is 11.9. The number of aliphatic hydroxyl groups is 1. The Morgan fingerprint density at radius 2 is 1.79 bits per heavy atom. The third-order valence-corrected chi connectivity index (χ3v) is 3.81. The lowest BCUT2D eigenvalue weighted by Crippen LogP contribution is -2.33. The van der Waals surface area contributed by atoms with Gasteiger partial charge in [0, 0.05) is 19.0 Å². The number of aromatic hydroxyl groups is 1. The summed E-state index contributed by atoms with van der Waals surface area (Å²) in [7, 11) is 0. The van der Waals surface area contributed by atoms with Gasteiger partial charge in [0.25, 0.3) is 0 Å². The zero-order chi connectivity index (χ0) is 17.4. The predicted molar refractivity (Wildman–Crippen MR) is 95.6 cm³/mol. The third kappa shape index (κ3) is 5.65.